The Bertz CT molecular complexity index is 302. The predicted molar refractivity (Wildman–Crippen MR) is 89.6 cm³/mol. The normalized spacial score (nSPS) is 25.8. The number of nitrogens with zero attached hydrogens (tertiary/aromatic N) is 2. The van der Waals surface area contributed by atoms with Crippen LogP contribution in [0.1, 0.15) is 26.7 Å². The van der Waals surface area contributed by atoms with Gasteiger partial charge in [0.05, 0.1) is 6.61 Å². The maximum absolute atomic E-state index is 12.7. The van der Waals surface area contributed by atoms with Crippen molar-refractivity contribution in [3.8, 4) is 0 Å². The van der Waals surface area contributed by atoms with E-state index < -0.39 is 0 Å². The summed E-state index contributed by atoms with van der Waals surface area (Å²) in [6.07, 6.45) is 1.81. The van der Waals surface area contributed by atoms with Gasteiger partial charge in [0.25, 0.3) is 5.91 Å². The van der Waals surface area contributed by atoms with E-state index in [1.807, 2.05) is 4.90 Å². The molecule has 1 N–H and O–H groups in total. The second-order valence-electron chi connectivity index (χ2n) is 5.43. The lowest BCUT2D eigenvalue weighted by Gasteiger charge is -2.36. The number of rotatable bonds is 5. The molecule has 2 heterocycles. The van der Waals surface area contributed by atoms with Crippen LogP contribution in [0.5, 0.6) is 0 Å². The quantitative estimate of drug-likeness (QED) is 0.814. The Balaban J connectivity index is 0.00000200. The van der Waals surface area contributed by atoms with Gasteiger partial charge in [0.2, 0.25) is 0 Å². The fourth-order valence-corrected chi connectivity index (χ4v) is 2.94. The van der Waals surface area contributed by atoms with Gasteiger partial charge < -0.3 is 15.0 Å². The summed E-state index contributed by atoms with van der Waals surface area (Å²) in [5, 5.41) is 3.34. The standard InChI is InChI=1S/C14H27N3O2.2ClH/c1-3-7-17(12-5-6-15-10-12)14(18)13-11-16(4-2)8-9-19-13;;/h12-13,15H,3-11H2,1-2H3;2*1H. The zero-order valence-electron chi connectivity index (χ0n) is 13.0. The highest BCUT2D eigenvalue weighted by molar-refractivity contribution is 5.85. The van der Waals surface area contributed by atoms with Gasteiger partial charge in [0.15, 0.2) is 0 Å². The van der Waals surface area contributed by atoms with Crippen LogP contribution in [0.2, 0.25) is 0 Å². The lowest BCUT2D eigenvalue weighted by atomic mass is 10.1. The van der Waals surface area contributed by atoms with Crippen LogP contribution in [0.3, 0.4) is 0 Å². The zero-order valence-corrected chi connectivity index (χ0v) is 14.7. The van der Waals surface area contributed by atoms with Gasteiger partial charge in [-0.3, -0.25) is 9.69 Å². The molecule has 7 heteroatoms. The van der Waals surface area contributed by atoms with Crippen molar-refractivity contribution in [2.45, 2.75) is 38.8 Å². The van der Waals surface area contributed by atoms with Crippen LogP contribution in [0.15, 0.2) is 0 Å². The number of likely N-dealkylation sites (N-methyl/N-ethyl adjacent to an activating group) is 1. The monoisotopic (exact) mass is 341 g/mol. The third-order valence-electron chi connectivity index (χ3n) is 4.10. The first-order chi connectivity index (χ1) is 9.26. The summed E-state index contributed by atoms with van der Waals surface area (Å²) in [5.41, 5.74) is 0. The molecule has 126 valence electrons. The lowest BCUT2D eigenvalue weighted by molar-refractivity contribution is -0.151. The van der Waals surface area contributed by atoms with Crippen LogP contribution in [0.4, 0.5) is 0 Å². The van der Waals surface area contributed by atoms with Crippen molar-refractivity contribution in [1.29, 1.82) is 0 Å². The summed E-state index contributed by atoms with van der Waals surface area (Å²) in [7, 11) is 0. The maximum Gasteiger partial charge on any atom is 0.253 e. The van der Waals surface area contributed by atoms with E-state index in [4.69, 9.17) is 4.74 Å². The Morgan fingerprint density at radius 2 is 2.14 bits per heavy atom. The number of hydrogen-bond donors (Lipinski definition) is 1. The zero-order chi connectivity index (χ0) is 13.7. The molecule has 0 radical (unpaired) electrons. The Morgan fingerprint density at radius 3 is 2.71 bits per heavy atom. The molecule has 2 aliphatic heterocycles. The van der Waals surface area contributed by atoms with Crippen molar-refractivity contribution in [2.24, 2.45) is 0 Å². The minimum atomic E-state index is -0.263. The van der Waals surface area contributed by atoms with Gasteiger partial charge in [0, 0.05) is 32.2 Å². The molecular weight excluding hydrogens is 313 g/mol. The van der Waals surface area contributed by atoms with E-state index in [2.05, 4.69) is 24.1 Å². The molecule has 0 aromatic heterocycles. The molecule has 2 atom stereocenters. The van der Waals surface area contributed by atoms with Crippen LogP contribution >= 0.6 is 24.8 Å². The molecule has 2 fully saturated rings. The molecule has 0 spiro atoms. The van der Waals surface area contributed by atoms with Gasteiger partial charge in [-0.25, -0.2) is 0 Å². The third kappa shape index (κ3) is 5.57. The fourth-order valence-electron chi connectivity index (χ4n) is 2.94. The van der Waals surface area contributed by atoms with E-state index in [1.54, 1.807) is 0 Å². The minimum Gasteiger partial charge on any atom is -0.366 e. The van der Waals surface area contributed by atoms with E-state index in [0.717, 1.165) is 52.1 Å². The van der Waals surface area contributed by atoms with Crippen molar-refractivity contribution >= 4 is 30.7 Å². The molecule has 0 aromatic carbocycles. The summed E-state index contributed by atoms with van der Waals surface area (Å²) in [6.45, 7) is 10.4. The van der Waals surface area contributed by atoms with E-state index in [9.17, 15) is 4.79 Å². The highest BCUT2D eigenvalue weighted by Gasteiger charge is 2.33. The molecule has 21 heavy (non-hydrogen) atoms. The Labute approximate surface area is 140 Å². The third-order valence-corrected chi connectivity index (χ3v) is 4.10. The second kappa shape index (κ2) is 10.6. The van der Waals surface area contributed by atoms with Gasteiger partial charge in [-0.05, 0) is 25.9 Å². The van der Waals surface area contributed by atoms with E-state index in [-0.39, 0.29) is 36.8 Å². The molecule has 2 unspecified atom stereocenters. The number of carbonyl (C=O) groups is 1. The van der Waals surface area contributed by atoms with Crippen LogP contribution < -0.4 is 5.32 Å². The number of halogens is 2. The SMILES string of the molecule is CCCN(C(=O)C1CN(CC)CCO1)C1CCNC1.Cl.Cl. The molecule has 0 saturated carbocycles. The Hall–Kier alpha value is -0.0700. The molecule has 5 nitrogen and oxygen atoms in total. The second-order valence-corrected chi connectivity index (χ2v) is 5.43. The molecule has 0 aromatic rings. The highest BCUT2D eigenvalue weighted by atomic mass is 35.5. The van der Waals surface area contributed by atoms with Crippen LogP contribution in [-0.2, 0) is 9.53 Å². The average Bonchev–Trinajstić information content (AvgIpc) is 2.98. The van der Waals surface area contributed by atoms with Crippen molar-refractivity contribution < 1.29 is 9.53 Å². The van der Waals surface area contributed by atoms with Gasteiger partial charge in [-0.2, -0.15) is 0 Å². The molecule has 0 aliphatic carbocycles. The summed E-state index contributed by atoms with van der Waals surface area (Å²) in [5.74, 6) is 0.189. The number of carbonyl (C=O) groups excluding carboxylic acids is 1. The van der Waals surface area contributed by atoms with Gasteiger partial charge >= 0.3 is 0 Å². The lowest BCUT2D eigenvalue weighted by Crippen LogP contribution is -2.53. The molecule has 2 rings (SSSR count). The number of nitrogens with one attached hydrogen (secondary N) is 1. The first-order valence-corrected chi connectivity index (χ1v) is 7.61. The molecule has 0 bridgehead atoms. The fraction of sp³-hybridized carbons (Fsp3) is 0.929. The van der Waals surface area contributed by atoms with Crippen LogP contribution in [0, 0.1) is 0 Å². The number of morpholine rings is 1. The average molecular weight is 342 g/mol. The van der Waals surface area contributed by atoms with Gasteiger partial charge in [-0.1, -0.05) is 13.8 Å². The van der Waals surface area contributed by atoms with Crippen LogP contribution in [0.25, 0.3) is 0 Å². The van der Waals surface area contributed by atoms with Gasteiger partial charge in [-0.15, -0.1) is 24.8 Å². The summed E-state index contributed by atoms with van der Waals surface area (Å²) >= 11 is 0. The van der Waals surface area contributed by atoms with Crippen LogP contribution in [-0.4, -0.2) is 73.7 Å². The number of amides is 1. The topological polar surface area (TPSA) is 44.8 Å². The number of hydrogen-bond acceptors (Lipinski definition) is 4. The van der Waals surface area contributed by atoms with E-state index in [0.29, 0.717) is 12.6 Å². The first-order valence-electron chi connectivity index (χ1n) is 7.61. The Kier molecular flexibility index (Phi) is 10.6. The summed E-state index contributed by atoms with van der Waals surface area (Å²) in [6, 6.07) is 0.355. The molecule has 2 saturated heterocycles. The summed E-state index contributed by atoms with van der Waals surface area (Å²) in [4.78, 5) is 17.0. The van der Waals surface area contributed by atoms with Crippen molar-refractivity contribution in [3.63, 3.8) is 0 Å². The van der Waals surface area contributed by atoms with Crippen molar-refractivity contribution in [1.82, 2.24) is 15.1 Å². The molecule has 1 amide bonds. The van der Waals surface area contributed by atoms with E-state index >= 15 is 0 Å². The molecular formula is C14H29Cl2N3O2. The maximum atomic E-state index is 12.7. The molecule has 2 aliphatic rings. The number of ether oxygens (including phenoxy) is 1. The first kappa shape index (κ1) is 20.9. The Morgan fingerprint density at radius 1 is 1.38 bits per heavy atom. The minimum absolute atomic E-state index is 0. The predicted octanol–water partition coefficient (Wildman–Crippen LogP) is 1.15. The summed E-state index contributed by atoms with van der Waals surface area (Å²) < 4.78 is 5.71. The largest absolute Gasteiger partial charge is 0.366 e. The van der Waals surface area contributed by atoms with Crippen molar-refractivity contribution in [3.05, 3.63) is 0 Å². The van der Waals surface area contributed by atoms with E-state index in [1.165, 1.54) is 0 Å². The highest BCUT2D eigenvalue weighted by Crippen LogP contribution is 2.15. The van der Waals surface area contributed by atoms with Gasteiger partial charge in [0.1, 0.15) is 6.10 Å². The van der Waals surface area contributed by atoms with Crippen molar-refractivity contribution in [2.75, 3.05) is 45.9 Å². The smallest absolute Gasteiger partial charge is 0.253 e.